The van der Waals surface area contributed by atoms with E-state index in [1.54, 1.807) is 0 Å². The van der Waals surface area contributed by atoms with E-state index in [-0.39, 0.29) is 0 Å². The molecule has 0 amide bonds. The number of hydrogen-bond acceptors (Lipinski definition) is 1. The van der Waals surface area contributed by atoms with E-state index in [0.29, 0.717) is 0 Å². The second-order valence-corrected chi connectivity index (χ2v) is 16.9. The lowest BCUT2D eigenvalue weighted by molar-refractivity contribution is 1.18. The summed E-state index contributed by atoms with van der Waals surface area (Å²) in [6, 6.07) is 96.8. The maximum Gasteiger partial charge on any atom is 0.0541 e. The van der Waals surface area contributed by atoms with Crippen molar-refractivity contribution in [3.63, 3.8) is 0 Å². The topological polar surface area (TPSA) is 8.17 Å². The van der Waals surface area contributed by atoms with Crippen molar-refractivity contribution in [3.05, 3.63) is 267 Å². The number of benzene rings is 11. The summed E-state index contributed by atoms with van der Waals surface area (Å²) in [6.07, 6.45) is 0. The molecule has 0 radical (unpaired) electrons. The zero-order valence-corrected chi connectivity index (χ0v) is 36.3. The molecule has 12 rings (SSSR count). The van der Waals surface area contributed by atoms with Gasteiger partial charge in [-0.15, -0.1) is 0 Å². The highest BCUT2D eigenvalue weighted by Crippen LogP contribution is 2.41. The second kappa shape index (κ2) is 16.8. The van der Waals surface area contributed by atoms with Crippen LogP contribution in [0.25, 0.3) is 93.9 Å². The molecule has 0 unspecified atom stereocenters. The highest BCUT2D eigenvalue weighted by atomic mass is 15.1. The molecular formula is C64H44N2. The molecule has 0 saturated heterocycles. The smallest absolute Gasteiger partial charge is 0.0541 e. The van der Waals surface area contributed by atoms with E-state index in [2.05, 4.69) is 276 Å². The Hall–Kier alpha value is -8.72. The molecule has 310 valence electrons. The van der Waals surface area contributed by atoms with Gasteiger partial charge in [0.1, 0.15) is 0 Å². The van der Waals surface area contributed by atoms with Crippen molar-refractivity contribution in [3.8, 4) is 61.3 Å². The van der Waals surface area contributed by atoms with Crippen LogP contribution in [-0.2, 0) is 0 Å². The number of rotatable bonds is 9. The molecule has 0 aliphatic carbocycles. The molecule has 0 aliphatic heterocycles. The number of anilines is 3. The minimum absolute atomic E-state index is 1.08. The minimum Gasteiger partial charge on any atom is -0.311 e. The van der Waals surface area contributed by atoms with Crippen LogP contribution in [0, 0.1) is 0 Å². The average Bonchev–Trinajstić information content (AvgIpc) is 3.74. The summed E-state index contributed by atoms with van der Waals surface area (Å²) < 4.78 is 2.38. The molecule has 0 saturated carbocycles. The van der Waals surface area contributed by atoms with Crippen molar-refractivity contribution in [1.29, 1.82) is 0 Å². The van der Waals surface area contributed by atoms with Gasteiger partial charge in [0.15, 0.2) is 0 Å². The zero-order valence-electron chi connectivity index (χ0n) is 36.3. The van der Waals surface area contributed by atoms with E-state index in [4.69, 9.17) is 0 Å². The van der Waals surface area contributed by atoms with Gasteiger partial charge in [0.2, 0.25) is 0 Å². The summed E-state index contributed by atoms with van der Waals surface area (Å²) in [7, 11) is 0. The largest absolute Gasteiger partial charge is 0.311 e. The molecule has 0 bridgehead atoms. The van der Waals surface area contributed by atoms with Gasteiger partial charge in [0.05, 0.1) is 11.0 Å². The highest BCUT2D eigenvalue weighted by molar-refractivity contribution is 6.09. The van der Waals surface area contributed by atoms with E-state index in [1.165, 1.54) is 82.6 Å². The average molecular weight is 841 g/mol. The van der Waals surface area contributed by atoms with Crippen LogP contribution in [0.1, 0.15) is 0 Å². The Kier molecular flexibility index (Phi) is 9.89. The fourth-order valence-corrected chi connectivity index (χ4v) is 9.80. The molecule has 0 aliphatic rings. The minimum atomic E-state index is 1.08. The summed E-state index contributed by atoms with van der Waals surface area (Å²) in [4.78, 5) is 2.36. The Bertz CT molecular complexity index is 3600. The molecule has 0 atom stereocenters. The van der Waals surface area contributed by atoms with Crippen molar-refractivity contribution in [1.82, 2.24) is 4.57 Å². The molecular weight excluding hydrogens is 797 g/mol. The van der Waals surface area contributed by atoms with Gasteiger partial charge in [-0.2, -0.15) is 0 Å². The highest BCUT2D eigenvalue weighted by Gasteiger charge is 2.17. The molecule has 66 heavy (non-hydrogen) atoms. The van der Waals surface area contributed by atoms with Crippen molar-refractivity contribution >= 4 is 49.6 Å². The van der Waals surface area contributed by atoms with E-state index in [0.717, 1.165) is 28.3 Å². The van der Waals surface area contributed by atoms with Gasteiger partial charge in [-0.3, -0.25) is 0 Å². The number of aromatic nitrogens is 1. The molecule has 0 N–H and O–H groups in total. The molecule has 11 aromatic carbocycles. The van der Waals surface area contributed by atoms with Crippen LogP contribution >= 0.6 is 0 Å². The summed E-state index contributed by atoms with van der Waals surface area (Å²) in [5.41, 5.74) is 18.8. The first kappa shape index (κ1) is 38.9. The van der Waals surface area contributed by atoms with Crippen LogP contribution in [0.3, 0.4) is 0 Å². The van der Waals surface area contributed by atoms with Crippen LogP contribution in [0.15, 0.2) is 267 Å². The summed E-state index contributed by atoms with van der Waals surface area (Å²) in [6.45, 7) is 0. The van der Waals surface area contributed by atoms with Crippen LogP contribution in [-0.4, -0.2) is 4.57 Å². The van der Waals surface area contributed by atoms with Crippen molar-refractivity contribution in [2.45, 2.75) is 0 Å². The first-order valence-corrected chi connectivity index (χ1v) is 22.7. The standard InChI is InChI=1S/C64H44N2/c1-3-15-47(16-4-1)59-42-35-52(44-62(59)49-17-5-2-6-18-49)46-31-38-54(39-32-46)65(55-40-33-50(34-41-55)58-26-14-20-48-19-7-8-23-57(48)58)53-36-29-45(30-37-53)51-21-13-22-56(43-51)66-63-27-11-9-24-60(63)61-25-10-12-28-64(61)66/h1-44H. The van der Waals surface area contributed by atoms with E-state index in [1.807, 2.05) is 0 Å². The maximum atomic E-state index is 2.38. The quantitative estimate of drug-likeness (QED) is 0.141. The molecule has 0 fully saturated rings. The normalized spacial score (nSPS) is 11.3. The first-order valence-electron chi connectivity index (χ1n) is 22.7. The van der Waals surface area contributed by atoms with Gasteiger partial charge in [0.25, 0.3) is 0 Å². The Morgan fingerprint density at radius 1 is 0.242 bits per heavy atom. The van der Waals surface area contributed by atoms with Gasteiger partial charge < -0.3 is 9.47 Å². The number of para-hydroxylation sites is 2. The van der Waals surface area contributed by atoms with Crippen LogP contribution < -0.4 is 4.90 Å². The molecule has 0 spiro atoms. The predicted octanol–water partition coefficient (Wildman–Crippen LogP) is 17.7. The van der Waals surface area contributed by atoms with Crippen molar-refractivity contribution in [2.75, 3.05) is 4.90 Å². The molecule has 12 aromatic rings. The van der Waals surface area contributed by atoms with E-state index >= 15 is 0 Å². The summed E-state index contributed by atoms with van der Waals surface area (Å²) >= 11 is 0. The maximum absolute atomic E-state index is 2.38. The van der Waals surface area contributed by atoms with Crippen molar-refractivity contribution < 1.29 is 0 Å². The third-order valence-electron chi connectivity index (χ3n) is 13.0. The summed E-state index contributed by atoms with van der Waals surface area (Å²) in [5, 5.41) is 5.02. The lowest BCUT2D eigenvalue weighted by Gasteiger charge is -2.26. The number of hydrogen-bond donors (Lipinski definition) is 0. The second-order valence-electron chi connectivity index (χ2n) is 16.9. The van der Waals surface area contributed by atoms with Gasteiger partial charge in [0, 0.05) is 33.5 Å². The fraction of sp³-hybridized carbons (Fsp3) is 0. The van der Waals surface area contributed by atoms with Gasteiger partial charge in [-0.1, -0.05) is 200 Å². The third-order valence-corrected chi connectivity index (χ3v) is 13.0. The molecule has 2 nitrogen and oxygen atoms in total. The lowest BCUT2D eigenvalue weighted by atomic mass is 9.91. The van der Waals surface area contributed by atoms with Crippen LogP contribution in [0.2, 0.25) is 0 Å². The third kappa shape index (κ3) is 7.12. The van der Waals surface area contributed by atoms with Gasteiger partial charge >= 0.3 is 0 Å². The van der Waals surface area contributed by atoms with Gasteiger partial charge in [-0.25, -0.2) is 0 Å². The Morgan fingerprint density at radius 3 is 1.27 bits per heavy atom. The number of fused-ring (bicyclic) bond motifs is 4. The van der Waals surface area contributed by atoms with Crippen LogP contribution in [0.5, 0.6) is 0 Å². The first-order chi connectivity index (χ1) is 32.7. The molecule has 1 heterocycles. The Morgan fingerprint density at radius 2 is 0.667 bits per heavy atom. The number of nitrogens with zero attached hydrogens (tertiary/aromatic N) is 2. The Balaban J connectivity index is 0.922. The van der Waals surface area contributed by atoms with Crippen molar-refractivity contribution in [2.24, 2.45) is 0 Å². The van der Waals surface area contributed by atoms with E-state index in [9.17, 15) is 0 Å². The molecule has 2 heteroatoms. The Labute approximate surface area is 385 Å². The monoisotopic (exact) mass is 840 g/mol. The van der Waals surface area contributed by atoms with Gasteiger partial charge in [-0.05, 0) is 133 Å². The zero-order chi connectivity index (χ0) is 43.8. The van der Waals surface area contributed by atoms with Crippen LogP contribution in [0.4, 0.5) is 17.1 Å². The molecule has 1 aromatic heterocycles. The summed E-state index contributed by atoms with van der Waals surface area (Å²) in [5.74, 6) is 0. The lowest BCUT2D eigenvalue weighted by Crippen LogP contribution is -2.09. The van der Waals surface area contributed by atoms with E-state index < -0.39 is 0 Å². The fourth-order valence-electron chi connectivity index (χ4n) is 9.80. The SMILES string of the molecule is c1ccc(-c2ccc(-c3ccc(N(c4ccc(-c5cccc(-n6c7ccccc7c7ccccc76)c5)cc4)c4ccc(-c5cccc6ccccc56)cc4)cc3)cc2-c2ccccc2)cc1. The predicted molar refractivity (Wildman–Crippen MR) is 280 cm³/mol.